The zero-order chi connectivity index (χ0) is 20.5. The molecule has 1 N–H and O–H groups in total. The quantitative estimate of drug-likeness (QED) is 0.309. The second-order valence-corrected chi connectivity index (χ2v) is 7.19. The van der Waals surface area contributed by atoms with Crippen LogP contribution < -0.4 is 14.8 Å². The van der Waals surface area contributed by atoms with E-state index in [1.807, 2.05) is 24.3 Å². The van der Waals surface area contributed by atoms with Crippen molar-refractivity contribution in [3.05, 3.63) is 52.5 Å². The van der Waals surface area contributed by atoms with Crippen molar-refractivity contribution in [1.82, 2.24) is 0 Å². The van der Waals surface area contributed by atoms with E-state index in [1.54, 1.807) is 19.2 Å². The van der Waals surface area contributed by atoms with E-state index in [4.69, 9.17) is 32.7 Å². The number of carbonyl (C=O) groups excluding carboxylic acids is 2. The van der Waals surface area contributed by atoms with E-state index in [2.05, 4.69) is 5.32 Å². The first-order chi connectivity index (χ1) is 13.4. The van der Waals surface area contributed by atoms with Gasteiger partial charge in [-0.15, -0.1) is 11.6 Å². The Morgan fingerprint density at radius 3 is 2.57 bits per heavy atom. The van der Waals surface area contributed by atoms with Crippen molar-refractivity contribution < 1.29 is 19.1 Å². The summed E-state index contributed by atoms with van der Waals surface area (Å²) in [7, 11) is 1.61. The monoisotopic (exact) mass is 423 g/mol. The molecular weight excluding hydrogens is 401 g/mol. The molecule has 1 amide bonds. The Hall–Kier alpha value is -2.24. The number of rotatable bonds is 10. The fourth-order valence-electron chi connectivity index (χ4n) is 2.64. The van der Waals surface area contributed by atoms with Crippen LogP contribution in [0.4, 0.5) is 5.69 Å². The van der Waals surface area contributed by atoms with Crippen molar-refractivity contribution in [2.45, 2.75) is 38.2 Å². The second-order valence-electron chi connectivity index (χ2n) is 6.25. The van der Waals surface area contributed by atoms with Gasteiger partial charge in [-0.3, -0.25) is 4.79 Å². The largest absolute Gasteiger partial charge is 0.497 e. The first kappa shape index (κ1) is 22.1. The van der Waals surface area contributed by atoms with E-state index in [-0.39, 0.29) is 11.3 Å². The summed E-state index contributed by atoms with van der Waals surface area (Å²) in [6, 6.07) is 10.9. The summed E-state index contributed by atoms with van der Waals surface area (Å²) >= 11 is 12.8. The molecule has 0 aliphatic carbocycles. The van der Waals surface area contributed by atoms with Crippen molar-refractivity contribution in [3.63, 3.8) is 0 Å². The molecule has 2 aromatic carbocycles. The molecule has 0 aliphatic rings. The van der Waals surface area contributed by atoms with Crippen molar-refractivity contribution in [2.24, 2.45) is 0 Å². The standard InChI is InChI=1S/C21H23Cl2NO4/c1-14(26)24-20-12-21(28-13-15-6-8-16(27-2)9-7-15)17(11-19(20)23)18(22)5-3-4-10-25/h6-12,18H,3-5,13H2,1-2H3,(H,24,26). The Balaban J connectivity index is 2.25. The lowest BCUT2D eigenvalue weighted by Gasteiger charge is -2.18. The van der Waals surface area contributed by atoms with Gasteiger partial charge in [0, 0.05) is 25.0 Å². The molecule has 0 heterocycles. The number of anilines is 1. The van der Waals surface area contributed by atoms with E-state index in [9.17, 15) is 9.59 Å². The number of methoxy groups -OCH3 is 1. The third-order valence-corrected chi connectivity index (χ3v) is 4.85. The molecule has 0 aliphatic heterocycles. The Kier molecular flexibility index (Phi) is 8.61. The molecule has 1 atom stereocenters. The molecule has 2 rings (SSSR count). The van der Waals surface area contributed by atoms with Crippen LogP contribution >= 0.6 is 23.2 Å². The Bertz CT molecular complexity index is 809. The van der Waals surface area contributed by atoms with Crippen LogP contribution in [-0.2, 0) is 16.2 Å². The highest BCUT2D eigenvalue weighted by Crippen LogP contribution is 2.39. The van der Waals surface area contributed by atoms with Gasteiger partial charge in [-0.05, 0) is 36.6 Å². The van der Waals surface area contributed by atoms with E-state index < -0.39 is 0 Å². The lowest BCUT2D eigenvalue weighted by atomic mass is 10.0. The smallest absolute Gasteiger partial charge is 0.221 e. The van der Waals surface area contributed by atoms with Gasteiger partial charge >= 0.3 is 0 Å². The first-order valence-corrected chi connectivity index (χ1v) is 9.70. The predicted molar refractivity (Wildman–Crippen MR) is 112 cm³/mol. The van der Waals surface area contributed by atoms with Crippen molar-refractivity contribution >= 4 is 41.1 Å². The van der Waals surface area contributed by atoms with E-state index >= 15 is 0 Å². The molecule has 0 fully saturated rings. The van der Waals surface area contributed by atoms with Crippen molar-refractivity contribution in [2.75, 3.05) is 12.4 Å². The first-order valence-electron chi connectivity index (χ1n) is 8.89. The van der Waals surface area contributed by atoms with Crippen LogP contribution in [0.2, 0.25) is 5.02 Å². The van der Waals surface area contributed by atoms with Crippen LogP contribution in [0.5, 0.6) is 11.5 Å². The lowest BCUT2D eigenvalue weighted by Crippen LogP contribution is -2.08. The maximum atomic E-state index is 11.4. The normalized spacial score (nSPS) is 11.6. The SMILES string of the molecule is COc1ccc(COc2cc(NC(C)=O)c(Cl)cc2C(Cl)CCCC=O)cc1. The van der Waals surface area contributed by atoms with E-state index in [0.29, 0.717) is 42.3 Å². The molecule has 2 aromatic rings. The van der Waals surface area contributed by atoms with Crippen LogP contribution in [0.25, 0.3) is 0 Å². The summed E-state index contributed by atoms with van der Waals surface area (Å²) in [5, 5.41) is 2.70. The third kappa shape index (κ3) is 6.43. The number of ether oxygens (including phenoxy) is 2. The summed E-state index contributed by atoms with van der Waals surface area (Å²) in [6.45, 7) is 1.72. The molecule has 0 saturated carbocycles. The summed E-state index contributed by atoms with van der Waals surface area (Å²) in [4.78, 5) is 22.0. The van der Waals surface area contributed by atoms with Gasteiger partial charge in [0.2, 0.25) is 5.91 Å². The Morgan fingerprint density at radius 1 is 1.25 bits per heavy atom. The van der Waals surface area contributed by atoms with Crippen LogP contribution in [0.15, 0.2) is 36.4 Å². The Morgan fingerprint density at radius 2 is 1.96 bits per heavy atom. The van der Waals surface area contributed by atoms with Gasteiger partial charge in [0.15, 0.2) is 0 Å². The summed E-state index contributed by atoms with van der Waals surface area (Å²) in [6.07, 6.45) is 2.59. The van der Waals surface area contributed by atoms with Gasteiger partial charge in [-0.1, -0.05) is 23.7 Å². The van der Waals surface area contributed by atoms with Gasteiger partial charge < -0.3 is 19.6 Å². The molecule has 150 valence electrons. The van der Waals surface area contributed by atoms with Gasteiger partial charge in [0.25, 0.3) is 0 Å². The number of hydrogen-bond acceptors (Lipinski definition) is 4. The fraction of sp³-hybridized carbons (Fsp3) is 0.333. The highest BCUT2D eigenvalue weighted by molar-refractivity contribution is 6.34. The molecule has 7 heteroatoms. The number of carbonyl (C=O) groups is 2. The molecular formula is C21H23Cl2NO4. The highest BCUT2D eigenvalue weighted by Gasteiger charge is 2.18. The summed E-state index contributed by atoms with van der Waals surface area (Å²) in [5.74, 6) is 1.07. The number of aldehydes is 1. The summed E-state index contributed by atoms with van der Waals surface area (Å²) < 4.78 is 11.2. The zero-order valence-corrected chi connectivity index (χ0v) is 17.3. The second kappa shape index (κ2) is 10.9. The minimum Gasteiger partial charge on any atom is -0.497 e. The molecule has 0 radical (unpaired) electrons. The molecule has 5 nitrogen and oxygen atoms in total. The molecule has 0 saturated heterocycles. The van der Waals surface area contributed by atoms with Crippen LogP contribution in [0, 0.1) is 0 Å². The number of nitrogens with one attached hydrogen (secondary N) is 1. The number of alkyl halides is 1. The number of unbranched alkanes of at least 4 members (excludes halogenated alkanes) is 1. The van der Waals surface area contributed by atoms with Crippen LogP contribution in [0.3, 0.4) is 0 Å². The van der Waals surface area contributed by atoms with Gasteiger partial charge in [-0.2, -0.15) is 0 Å². The topological polar surface area (TPSA) is 64.6 Å². The minimum atomic E-state index is -0.366. The predicted octanol–water partition coefficient (Wildman–Crippen LogP) is 5.54. The molecule has 0 spiro atoms. The average Bonchev–Trinajstić information content (AvgIpc) is 2.68. The van der Waals surface area contributed by atoms with Crippen molar-refractivity contribution in [3.8, 4) is 11.5 Å². The number of amides is 1. The number of halogens is 2. The maximum absolute atomic E-state index is 11.4. The maximum Gasteiger partial charge on any atom is 0.221 e. The minimum absolute atomic E-state index is 0.232. The number of benzene rings is 2. The number of hydrogen-bond donors (Lipinski definition) is 1. The summed E-state index contributed by atoms with van der Waals surface area (Å²) in [5.41, 5.74) is 2.13. The zero-order valence-electron chi connectivity index (χ0n) is 15.8. The van der Waals surface area contributed by atoms with Gasteiger partial charge in [0.05, 0.1) is 23.2 Å². The van der Waals surface area contributed by atoms with Crippen LogP contribution in [-0.4, -0.2) is 19.3 Å². The highest BCUT2D eigenvalue weighted by atomic mass is 35.5. The fourth-order valence-corrected chi connectivity index (χ4v) is 3.19. The third-order valence-electron chi connectivity index (χ3n) is 4.08. The lowest BCUT2D eigenvalue weighted by molar-refractivity contribution is -0.114. The van der Waals surface area contributed by atoms with Crippen LogP contribution in [0.1, 0.15) is 42.7 Å². The molecule has 0 bridgehead atoms. The van der Waals surface area contributed by atoms with Crippen molar-refractivity contribution in [1.29, 1.82) is 0 Å². The van der Waals surface area contributed by atoms with E-state index in [0.717, 1.165) is 23.2 Å². The molecule has 0 aromatic heterocycles. The average molecular weight is 424 g/mol. The van der Waals surface area contributed by atoms with Gasteiger partial charge in [-0.25, -0.2) is 0 Å². The van der Waals surface area contributed by atoms with E-state index in [1.165, 1.54) is 6.92 Å². The van der Waals surface area contributed by atoms with Gasteiger partial charge in [0.1, 0.15) is 24.4 Å². The molecule has 1 unspecified atom stereocenters. The Labute approximate surface area is 174 Å². The molecule has 28 heavy (non-hydrogen) atoms.